The molecule has 4 rings (SSSR count). The summed E-state index contributed by atoms with van der Waals surface area (Å²) < 4.78 is 34.1. The fourth-order valence-corrected chi connectivity index (χ4v) is 14.9. The zero-order valence-corrected chi connectivity index (χ0v) is 44.1. The molecule has 0 aliphatic carbocycles. The van der Waals surface area contributed by atoms with Gasteiger partial charge in [0.05, 0.1) is 0 Å². The first-order valence-electron chi connectivity index (χ1n) is 24.8. The summed E-state index contributed by atoms with van der Waals surface area (Å²) in [6.45, 7) is 26.6. The van der Waals surface area contributed by atoms with E-state index in [2.05, 4.69) is 180 Å². The first kappa shape index (κ1) is 52.1. The Balaban J connectivity index is 1.73. The molecular weight excluding hydrogens is 809 g/mol. The van der Waals surface area contributed by atoms with Gasteiger partial charge in [0.25, 0.3) is 0 Å². The summed E-state index contributed by atoms with van der Waals surface area (Å²) in [7, 11) is -4.56. The quantitative estimate of drug-likeness (QED) is 0.0385. The van der Waals surface area contributed by atoms with Crippen LogP contribution in [0.2, 0.25) is 0 Å². The molecule has 0 aromatic heterocycles. The van der Waals surface area contributed by atoms with Crippen molar-refractivity contribution < 1.29 is 23.1 Å². The van der Waals surface area contributed by atoms with Gasteiger partial charge in [-0.15, -0.1) is 0 Å². The number of hydrogen-bond donors (Lipinski definition) is 0. The van der Waals surface area contributed by atoms with Gasteiger partial charge in [0, 0.05) is 0 Å². The Morgan fingerprint density at radius 3 is 0.667 bits per heavy atom. The van der Waals surface area contributed by atoms with Gasteiger partial charge in [0.2, 0.25) is 18.1 Å². The molecule has 0 saturated carbocycles. The van der Waals surface area contributed by atoms with E-state index in [4.69, 9.17) is 23.1 Å². The van der Waals surface area contributed by atoms with Gasteiger partial charge in [-0.1, -0.05) is 128 Å². The lowest BCUT2D eigenvalue weighted by atomic mass is 10.0. The Kier molecular flexibility index (Phi) is 20.9. The number of unbranched alkanes of at least 4 members (excludes halogenated alkanes) is 8. The Hall–Kier alpha value is -3.53. The lowest BCUT2D eigenvalue weighted by Gasteiger charge is -2.29. The zero-order chi connectivity index (χ0) is 45.9. The van der Waals surface area contributed by atoms with Gasteiger partial charge in [-0.2, -0.15) is 0 Å². The fourth-order valence-electron chi connectivity index (χ4n) is 8.36. The summed E-state index contributed by atoms with van der Waals surface area (Å²) in [6.07, 6.45) is 18.5. The van der Waals surface area contributed by atoms with Crippen molar-refractivity contribution in [1.29, 1.82) is 0 Å². The van der Waals surface area contributed by atoms with Crippen LogP contribution in [-0.4, -0.2) is 40.5 Å². The number of ether oxygens (including phenoxy) is 4. The van der Waals surface area contributed by atoms with Crippen molar-refractivity contribution in [3.05, 3.63) is 97.1 Å². The maximum Gasteiger partial charge on any atom is 0.228 e. The highest BCUT2D eigenvalue weighted by atomic mass is 28.4. The Bertz CT molecular complexity index is 1580. The van der Waals surface area contributed by atoms with E-state index in [9.17, 15) is 0 Å². The van der Waals surface area contributed by atoms with E-state index in [0.717, 1.165) is 48.7 Å². The Morgan fingerprint density at radius 2 is 0.492 bits per heavy atom. The highest BCUT2D eigenvalue weighted by molar-refractivity contribution is 6.91. The number of rotatable bonds is 30. The second-order valence-electron chi connectivity index (χ2n) is 20.4. The largest absolute Gasteiger partial charge is 0.488 e. The molecule has 0 N–H and O–H groups in total. The highest BCUT2D eigenvalue weighted by Gasteiger charge is 2.29. The van der Waals surface area contributed by atoms with Crippen LogP contribution in [0.15, 0.2) is 97.1 Å². The summed E-state index contributed by atoms with van der Waals surface area (Å²) in [5.41, 5.74) is -0.931. The van der Waals surface area contributed by atoms with E-state index in [1.54, 1.807) is 0 Å². The van der Waals surface area contributed by atoms with Crippen LogP contribution in [0.3, 0.4) is 0 Å². The average molecular weight is 895 g/mol. The third-order valence-electron chi connectivity index (χ3n) is 12.1. The average Bonchev–Trinajstić information content (AvgIpc) is 3.22. The minimum absolute atomic E-state index is 0.233. The first-order valence-corrected chi connectivity index (χ1v) is 28.0. The Labute approximate surface area is 388 Å². The third kappa shape index (κ3) is 18.5. The summed E-state index contributed by atoms with van der Waals surface area (Å²) >= 11 is 0. The molecule has 4 aromatic carbocycles. The summed E-state index contributed by atoms with van der Waals surface area (Å²) in [5.74, 6) is 3.60. The van der Waals surface area contributed by atoms with E-state index in [1.807, 2.05) is 0 Å². The normalized spacial score (nSPS) is 12.5. The number of benzene rings is 4. The van der Waals surface area contributed by atoms with Crippen molar-refractivity contribution in [2.75, 3.05) is 0 Å². The van der Waals surface area contributed by atoms with Crippen LogP contribution in [0.1, 0.15) is 186 Å². The van der Waals surface area contributed by atoms with Gasteiger partial charge in [-0.25, -0.2) is 0 Å². The molecule has 0 aliphatic rings. The molecule has 5 nitrogen and oxygen atoms in total. The van der Waals surface area contributed by atoms with E-state index in [0.29, 0.717) is 0 Å². The van der Waals surface area contributed by atoms with Gasteiger partial charge in [0.15, 0.2) is 0 Å². The minimum atomic E-state index is -2.28. The van der Waals surface area contributed by atoms with Crippen molar-refractivity contribution in [2.24, 2.45) is 0 Å². The van der Waals surface area contributed by atoms with Crippen LogP contribution in [0, 0.1) is 0 Å². The van der Waals surface area contributed by atoms with Crippen LogP contribution >= 0.6 is 0 Å². The highest BCUT2D eigenvalue weighted by Crippen LogP contribution is 2.27. The molecule has 0 atom stereocenters. The fraction of sp³-hybridized carbons (Fsp3) is 0.571. The van der Waals surface area contributed by atoms with Crippen LogP contribution in [0.25, 0.3) is 0 Å². The van der Waals surface area contributed by atoms with Crippen molar-refractivity contribution in [3.8, 4) is 23.0 Å². The molecule has 0 radical (unpaired) electrons. The van der Waals surface area contributed by atoms with Crippen molar-refractivity contribution >= 4 is 38.8 Å². The molecular formula is C56H86O5Si2. The topological polar surface area (TPSA) is 46.2 Å². The monoisotopic (exact) mass is 895 g/mol. The zero-order valence-electron chi connectivity index (χ0n) is 41.7. The van der Waals surface area contributed by atoms with Crippen LogP contribution in [-0.2, 0) is 4.12 Å². The van der Waals surface area contributed by atoms with Gasteiger partial charge < -0.3 is 23.1 Å². The van der Waals surface area contributed by atoms with Crippen LogP contribution in [0.4, 0.5) is 0 Å². The second kappa shape index (κ2) is 25.2. The lowest BCUT2D eigenvalue weighted by molar-refractivity contribution is 0.0958. The molecule has 0 amide bonds. The van der Waals surface area contributed by atoms with Crippen molar-refractivity contribution in [1.82, 2.24) is 0 Å². The van der Waals surface area contributed by atoms with Crippen LogP contribution in [0.5, 0.6) is 23.0 Å². The molecule has 0 spiro atoms. The number of hydrogen-bond acceptors (Lipinski definition) is 5. The van der Waals surface area contributed by atoms with Gasteiger partial charge in [-0.05, 0) is 176 Å². The molecule has 0 heterocycles. The van der Waals surface area contributed by atoms with Gasteiger partial charge >= 0.3 is 0 Å². The van der Waals surface area contributed by atoms with Gasteiger partial charge in [0.1, 0.15) is 45.4 Å². The predicted molar refractivity (Wildman–Crippen MR) is 275 cm³/mol. The molecule has 0 aliphatic heterocycles. The standard InChI is InChI=1S/C56H86O5Si2/c1-13-17-21-41-53(5,6)57-45-25-33-49(34-26-45)62(50-35-27-46(28-36-50)58-54(7,8)42-22-18-14-2)61-63(51-37-29-47(30-38-51)59-55(9,10)43-23-19-15-3)52-39-31-48(32-40-52)60-56(11,12)44-24-20-16-4/h25-40,62-63H,13-24,41-44H2,1-12H3. The second-order valence-corrected chi connectivity index (χ2v) is 25.7. The van der Waals surface area contributed by atoms with Crippen LogP contribution < -0.4 is 39.7 Å². The smallest absolute Gasteiger partial charge is 0.228 e. The minimum Gasteiger partial charge on any atom is -0.488 e. The van der Waals surface area contributed by atoms with E-state index < -0.39 is 18.1 Å². The maximum absolute atomic E-state index is 7.73. The molecule has 4 aromatic rings. The molecule has 7 heteroatoms. The maximum atomic E-state index is 7.73. The van der Waals surface area contributed by atoms with E-state index in [1.165, 1.54) is 97.8 Å². The summed E-state index contributed by atoms with van der Waals surface area (Å²) in [6, 6.07) is 35.2. The Morgan fingerprint density at radius 1 is 0.302 bits per heavy atom. The molecule has 0 bridgehead atoms. The first-order chi connectivity index (χ1) is 30.0. The molecule has 0 unspecified atom stereocenters. The lowest BCUT2D eigenvalue weighted by Crippen LogP contribution is -2.56. The van der Waals surface area contributed by atoms with E-state index in [-0.39, 0.29) is 22.4 Å². The third-order valence-corrected chi connectivity index (χ3v) is 18.2. The van der Waals surface area contributed by atoms with Crippen molar-refractivity contribution in [2.45, 2.75) is 208 Å². The van der Waals surface area contributed by atoms with E-state index >= 15 is 0 Å². The molecule has 63 heavy (non-hydrogen) atoms. The molecule has 0 fully saturated rings. The van der Waals surface area contributed by atoms with Crippen molar-refractivity contribution in [3.63, 3.8) is 0 Å². The van der Waals surface area contributed by atoms with Gasteiger partial charge in [-0.3, -0.25) is 0 Å². The SMILES string of the molecule is CCCCCC(C)(C)Oc1ccc([SiH](O[SiH](c2ccc(OC(C)(C)CCCCC)cc2)c2ccc(OC(C)(C)CCCCC)cc2)c2ccc(OC(C)(C)CCCCC)cc2)cc1. The predicted octanol–water partition coefficient (Wildman–Crippen LogP) is 13.0. The molecule has 0 saturated heterocycles. The molecule has 348 valence electrons. The summed E-state index contributed by atoms with van der Waals surface area (Å²) in [5, 5.41) is 4.89. The summed E-state index contributed by atoms with van der Waals surface area (Å²) in [4.78, 5) is 0.